The number of ether oxygens (including phenoxy) is 2. The summed E-state index contributed by atoms with van der Waals surface area (Å²) in [5.41, 5.74) is 1.47. The average Bonchev–Trinajstić information content (AvgIpc) is 2.94. The lowest BCUT2D eigenvalue weighted by atomic mass is 10.1. The average molecular weight is 452 g/mol. The molecule has 0 aliphatic carbocycles. The van der Waals surface area contributed by atoms with Crippen LogP contribution in [0.5, 0.6) is 11.5 Å². The van der Waals surface area contributed by atoms with Crippen LogP contribution in [0.15, 0.2) is 41.3 Å². The summed E-state index contributed by atoms with van der Waals surface area (Å²) in [6.07, 6.45) is 1.68. The molecule has 5 nitrogen and oxygen atoms in total. The lowest BCUT2D eigenvalue weighted by molar-refractivity contribution is -0.123. The minimum Gasteiger partial charge on any atom is -0.490 e. The maximum absolute atomic E-state index is 12.8. The molecule has 0 unspecified atom stereocenters. The molecule has 0 atom stereocenters. The number of imide groups is 1. The van der Waals surface area contributed by atoms with Crippen molar-refractivity contribution in [3.8, 4) is 11.5 Å². The van der Waals surface area contributed by atoms with Crippen molar-refractivity contribution in [3.63, 3.8) is 0 Å². The third kappa shape index (κ3) is 5.07. The highest BCUT2D eigenvalue weighted by Gasteiger charge is 2.35. The molecule has 152 valence electrons. The van der Waals surface area contributed by atoms with E-state index in [4.69, 9.17) is 32.7 Å². The molecule has 2 amide bonds. The first kappa shape index (κ1) is 21.6. The number of amides is 2. The van der Waals surface area contributed by atoms with Gasteiger partial charge in [0, 0.05) is 0 Å². The summed E-state index contributed by atoms with van der Waals surface area (Å²) in [7, 11) is 0. The van der Waals surface area contributed by atoms with Crippen molar-refractivity contribution in [1.82, 2.24) is 4.90 Å². The first-order valence-corrected chi connectivity index (χ1v) is 10.6. The van der Waals surface area contributed by atoms with E-state index in [0.29, 0.717) is 39.7 Å². The van der Waals surface area contributed by atoms with E-state index < -0.39 is 0 Å². The molecule has 1 aliphatic heterocycles. The molecule has 0 aromatic heterocycles. The highest BCUT2D eigenvalue weighted by atomic mass is 35.5. The second-order valence-electron chi connectivity index (χ2n) is 6.09. The predicted octanol–water partition coefficient (Wildman–Crippen LogP) is 6.03. The van der Waals surface area contributed by atoms with Crippen LogP contribution in [-0.4, -0.2) is 29.3 Å². The van der Waals surface area contributed by atoms with Crippen LogP contribution in [0.3, 0.4) is 0 Å². The van der Waals surface area contributed by atoms with E-state index in [1.165, 1.54) is 4.90 Å². The zero-order chi connectivity index (χ0) is 21.0. The highest BCUT2D eigenvalue weighted by molar-refractivity contribution is 8.18. The summed E-state index contributed by atoms with van der Waals surface area (Å²) in [5, 5.41) is 0.470. The molecule has 0 bridgehead atoms. The number of carbonyl (C=O) groups is 2. The molecule has 29 heavy (non-hydrogen) atoms. The topological polar surface area (TPSA) is 55.8 Å². The molecule has 3 rings (SSSR count). The molecule has 1 fully saturated rings. The van der Waals surface area contributed by atoms with Crippen molar-refractivity contribution in [2.24, 2.45) is 0 Å². The van der Waals surface area contributed by atoms with Gasteiger partial charge in [0.25, 0.3) is 11.1 Å². The molecule has 0 N–H and O–H groups in total. The van der Waals surface area contributed by atoms with Gasteiger partial charge in [-0.1, -0.05) is 35.3 Å². The van der Waals surface area contributed by atoms with Crippen LogP contribution in [0.4, 0.5) is 4.79 Å². The fraction of sp³-hybridized carbons (Fsp3) is 0.238. The van der Waals surface area contributed by atoms with Crippen molar-refractivity contribution >= 4 is 52.2 Å². The second-order valence-corrected chi connectivity index (χ2v) is 7.90. The summed E-state index contributed by atoms with van der Waals surface area (Å²) in [5.74, 6) is 0.885. The Hall–Kier alpha value is -2.15. The number of hydrogen-bond donors (Lipinski definition) is 0. The van der Waals surface area contributed by atoms with Crippen molar-refractivity contribution < 1.29 is 19.1 Å². The van der Waals surface area contributed by atoms with Gasteiger partial charge in [-0.05, 0) is 67.1 Å². The van der Waals surface area contributed by atoms with E-state index in [0.717, 1.165) is 22.9 Å². The molecule has 0 spiro atoms. The minimum atomic E-state index is -0.349. The zero-order valence-corrected chi connectivity index (χ0v) is 18.2. The van der Waals surface area contributed by atoms with Crippen molar-refractivity contribution in [2.45, 2.75) is 20.4 Å². The van der Waals surface area contributed by atoms with E-state index in [1.807, 2.05) is 19.9 Å². The van der Waals surface area contributed by atoms with Gasteiger partial charge in [0.2, 0.25) is 0 Å². The number of thioether (sulfide) groups is 1. The molecular formula is C21H19Cl2NO4S. The Kier molecular flexibility index (Phi) is 7.11. The maximum atomic E-state index is 12.8. The van der Waals surface area contributed by atoms with E-state index in [-0.39, 0.29) is 17.7 Å². The Balaban J connectivity index is 1.82. The molecule has 2 aromatic rings. The van der Waals surface area contributed by atoms with Crippen LogP contribution in [-0.2, 0) is 11.3 Å². The normalized spacial score (nSPS) is 15.3. The monoisotopic (exact) mass is 451 g/mol. The summed E-state index contributed by atoms with van der Waals surface area (Å²) < 4.78 is 11.2. The Bertz CT molecular complexity index is 977. The Morgan fingerprint density at radius 2 is 1.69 bits per heavy atom. The fourth-order valence-corrected chi connectivity index (χ4v) is 3.92. The second kappa shape index (κ2) is 9.57. The summed E-state index contributed by atoms with van der Waals surface area (Å²) in [6.45, 7) is 4.92. The van der Waals surface area contributed by atoms with Crippen LogP contribution in [0, 0.1) is 0 Å². The molecule has 8 heteroatoms. The fourth-order valence-electron chi connectivity index (χ4n) is 2.77. The third-order valence-electron chi connectivity index (χ3n) is 4.06. The Morgan fingerprint density at radius 1 is 0.966 bits per heavy atom. The van der Waals surface area contributed by atoms with Gasteiger partial charge in [-0.2, -0.15) is 0 Å². The molecule has 0 saturated carbocycles. The molecule has 2 aromatic carbocycles. The number of hydrogen-bond acceptors (Lipinski definition) is 5. The molecule has 1 heterocycles. The van der Waals surface area contributed by atoms with Gasteiger partial charge in [-0.3, -0.25) is 14.5 Å². The third-order valence-corrected chi connectivity index (χ3v) is 5.71. The SMILES string of the molecule is CCOc1ccc(/C=C2/SC(=O)N(Cc3ccc(Cl)c(Cl)c3)C2=O)cc1OCC. The van der Waals surface area contributed by atoms with Gasteiger partial charge in [-0.25, -0.2) is 0 Å². The van der Waals surface area contributed by atoms with Crippen LogP contribution in [0.25, 0.3) is 6.08 Å². The lowest BCUT2D eigenvalue weighted by Crippen LogP contribution is -2.27. The van der Waals surface area contributed by atoms with Crippen LogP contribution in [0.2, 0.25) is 10.0 Å². The Labute approximate surface area is 183 Å². The van der Waals surface area contributed by atoms with E-state index in [1.54, 1.807) is 36.4 Å². The minimum absolute atomic E-state index is 0.131. The maximum Gasteiger partial charge on any atom is 0.293 e. The van der Waals surface area contributed by atoms with Crippen LogP contribution < -0.4 is 9.47 Å². The first-order chi connectivity index (χ1) is 13.9. The smallest absolute Gasteiger partial charge is 0.293 e. The van der Waals surface area contributed by atoms with E-state index in [2.05, 4.69) is 0 Å². The molecule has 1 aliphatic rings. The van der Waals surface area contributed by atoms with Crippen molar-refractivity contribution in [1.29, 1.82) is 0 Å². The van der Waals surface area contributed by atoms with Crippen molar-refractivity contribution in [2.75, 3.05) is 13.2 Å². The number of benzene rings is 2. The summed E-state index contributed by atoms with van der Waals surface area (Å²) >= 11 is 12.9. The summed E-state index contributed by atoms with van der Waals surface area (Å²) in [6, 6.07) is 10.4. The van der Waals surface area contributed by atoms with Crippen LogP contribution >= 0.6 is 35.0 Å². The van der Waals surface area contributed by atoms with Crippen LogP contribution in [0.1, 0.15) is 25.0 Å². The number of rotatable bonds is 7. The van der Waals surface area contributed by atoms with Gasteiger partial charge in [0.15, 0.2) is 11.5 Å². The number of carbonyl (C=O) groups excluding carboxylic acids is 2. The molecular weight excluding hydrogens is 433 g/mol. The lowest BCUT2D eigenvalue weighted by Gasteiger charge is -2.13. The first-order valence-electron chi connectivity index (χ1n) is 9.01. The Morgan fingerprint density at radius 3 is 2.38 bits per heavy atom. The van der Waals surface area contributed by atoms with Gasteiger partial charge < -0.3 is 9.47 Å². The van der Waals surface area contributed by atoms with E-state index >= 15 is 0 Å². The zero-order valence-electron chi connectivity index (χ0n) is 15.9. The van der Waals surface area contributed by atoms with Gasteiger partial charge in [0.05, 0.1) is 34.7 Å². The predicted molar refractivity (Wildman–Crippen MR) is 117 cm³/mol. The van der Waals surface area contributed by atoms with Gasteiger partial charge in [-0.15, -0.1) is 0 Å². The van der Waals surface area contributed by atoms with Gasteiger partial charge >= 0.3 is 0 Å². The summed E-state index contributed by atoms with van der Waals surface area (Å²) in [4.78, 5) is 26.7. The van der Waals surface area contributed by atoms with Gasteiger partial charge in [0.1, 0.15) is 0 Å². The molecule has 0 radical (unpaired) electrons. The highest BCUT2D eigenvalue weighted by Crippen LogP contribution is 2.36. The van der Waals surface area contributed by atoms with E-state index in [9.17, 15) is 9.59 Å². The largest absolute Gasteiger partial charge is 0.490 e. The number of nitrogens with zero attached hydrogens (tertiary/aromatic N) is 1. The molecule has 1 saturated heterocycles. The standard InChI is InChI=1S/C21H19Cl2NO4S/c1-3-27-17-8-6-13(10-18(17)28-4-2)11-19-20(25)24(21(26)29-19)12-14-5-7-15(22)16(23)9-14/h5-11H,3-4,12H2,1-2H3/b19-11+. The van der Waals surface area contributed by atoms with Crippen molar-refractivity contribution in [3.05, 3.63) is 62.5 Å². The quantitative estimate of drug-likeness (QED) is 0.481. The number of halogens is 2.